The summed E-state index contributed by atoms with van der Waals surface area (Å²) in [5.41, 5.74) is 6.60. The van der Waals surface area contributed by atoms with Crippen molar-refractivity contribution in [2.24, 2.45) is 0 Å². The summed E-state index contributed by atoms with van der Waals surface area (Å²) in [6.45, 7) is 6.50. The van der Waals surface area contributed by atoms with Gasteiger partial charge in [-0.15, -0.1) is 0 Å². The van der Waals surface area contributed by atoms with E-state index >= 15 is 0 Å². The summed E-state index contributed by atoms with van der Waals surface area (Å²) in [6, 6.07) is 19.6. The van der Waals surface area contributed by atoms with Crippen LogP contribution in [0.4, 0.5) is 0 Å². The zero-order valence-electron chi connectivity index (χ0n) is 16.8. The number of nitrogens with zero attached hydrogens (tertiary/aromatic N) is 2. The summed E-state index contributed by atoms with van der Waals surface area (Å²) in [5, 5.41) is 7.68. The lowest BCUT2D eigenvalue weighted by Crippen LogP contribution is -2.25. The topological polar surface area (TPSA) is 60.1 Å². The number of benzene rings is 2. The molecule has 2 aromatic heterocycles. The number of carbonyl (C=O) groups is 1. The molecular weight excluding hydrogens is 362 g/mol. The lowest BCUT2D eigenvalue weighted by Gasteiger charge is -2.08. The summed E-state index contributed by atoms with van der Waals surface area (Å²) in [4.78, 5) is 13.0. The van der Waals surface area contributed by atoms with E-state index in [9.17, 15) is 4.79 Å². The largest absolute Gasteiger partial charge is 0.467 e. The molecule has 1 N–H and O–H groups in total. The summed E-state index contributed by atoms with van der Waals surface area (Å²) < 4.78 is 7.02. The van der Waals surface area contributed by atoms with Crippen molar-refractivity contribution in [2.75, 3.05) is 0 Å². The molecule has 5 nitrogen and oxygen atoms in total. The minimum Gasteiger partial charge on any atom is -0.467 e. The Morgan fingerprint density at radius 3 is 2.59 bits per heavy atom. The molecule has 2 aromatic carbocycles. The summed E-state index contributed by atoms with van der Waals surface area (Å²) in [5.74, 6) is 0.500. The Morgan fingerprint density at radius 2 is 1.86 bits per heavy atom. The minimum absolute atomic E-state index is 0.203. The molecule has 1 amide bonds. The fraction of sp³-hybridized carbons (Fsp3) is 0.167. The zero-order valence-corrected chi connectivity index (χ0v) is 16.8. The Hall–Kier alpha value is -3.60. The molecule has 0 saturated heterocycles. The summed E-state index contributed by atoms with van der Waals surface area (Å²) in [6.07, 6.45) is 1.59. The number of carbonyl (C=O) groups excluding carboxylic acids is 1. The fourth-order valence-corrected chi connectivity index (χ4v) is 3.21. The van der Waals surface area contributed by atoms with Gasteiger partial charge in [0.05, 0.1) is 24.2 Å². The lowest BCUT2D eigenvalue weighted by molar-refractivity contribution is 0.0940. The molecule has 0 bridgehead atoms. The number of hydrogen-bond acceptors (Lipinski definition) is 3. The minimum atomic E-state index is -0.203. The average molecular weight is 385 g/mol. The van der Waals surface area contributed by atoms with E-state index in [0.29, 0.717) is 18.0 Å². The Bertz CT molecular complexity index is 1160. The van der Waals surface area contributed by atoms with Crippen LogP contribution in [0.15, 0.2) is 71.3 Å². The predicted octanol–water partition coefficient (Wildman–Crippen LogP) is 4.99. The summed E-state index contributed by atoms with van der Waals surface area (Å²) >= 11 is 0. The third-order valence-corrected chi connectivity index (χ3v) is 4.99. The van der Waals surface area contributed by atoms with Crippen molar-refractivity contribution < 1.29 is 9.21 Å². The molecule has 146 valence electrons. The van der Waals surface area contributed by atoms with Crippen LogP contribution in [0, 0.1) is 20.8 Å². The van der Waals surface area contributed by atoms with Crippen LogP contribution in [0.3, 0.4) is 0 Å². The molecule has 5 heteroatoms. The third-order valence-electron chi connectivity index (χ3n) is 4.99. The van der Waals surface area contributed by atoms with Crippen molar-refractivity contribution in [1.29, 1.82) is 0 Å². The second-order valence-corrected chi connectivity index (χ2v) is 7.23. The smallest absolute Gasteiger partial charge is 0.270 e. The molecule has 2 heterocycles. The van der Waals surface area contributed by atoms with Crippen LogP contribution in [0.2, 0.25) is 0 Å². The van der Waals surface area contributed by atoms with Crippen LogP contribution in [-0.2, 0) is 6.54 Å². The molecule has 0 saturated carbocycles. The number of furan rings is 1. The molecule has 0 unspecified atom stereocenters. The van der Waals surface area contributed by atoms with Gasteiger partial charge < -0.3 is 9.73 Å². The molecule has 4 aromatic rings. The van der Waals surface area contributed by atoms with E-state index in [4.69, 9.17) is 9.52 Å². The van der Waals surface area contributed by atoms with Gasteiger partial charge in [-0.1, -0.05) is 24.3 Å². The molecule has 0 aliphatic rings. The van der Waals surface area contributed by atoms with E-state index in [1.165, 1.54) is 11.1 Å². The molecule has 0 aliphatic heterocycles. The highest BCUT2D eigenvalue weighted by Crippen LogP contribution is 2.24. The van der Waals surface area contributed by atoms with E-state index in [-0.39, 0.29) is 5.91 Å². The predicted molar refractivity (Wildman–Crippen MR) is 113 cm³/mol. The molecule has 4 rings (SSSR count). The number of amides is 1. The van der Waals surface area contributed by atoms with Gasteiger partial charge in [-0.3, -0.25) is 4.79 Å². The maximum atomic E-state index is 13.0. The third kappa shape index (κ3) is 3.99. The maximum Gasteiger partial charge on any atom is 0.270 e. The molecule has 0 atom stereocenters. The highest BCUT2D eigenvalue weighted by atomic mass is 16.3. The van der Waals surface area contributed by atoms with Gasteiger partial charge >= 0.3 is 0 Å². The van der Waals surface area contributed by atoms with E-state index in [1.54, 1.807) is 17.0 Å². The fourth-order valence-electron chi connectivity index (χ4n) is 3.21. The van der Waals surface area contributed by atoms with Crippen molar-refractivity contribution in [3.05, 3.63) is 95.1 Å². The molecular formula is C24H23N3O2. The van der Waals surface area contributed by atoms with Crippen molar-refractivity contribution in [3.8, 4) is 16.9 Å². The zero-order chi connectivity index (χ0) is 20.4. The Labute approximate surface area is 170 Å². The first-order valence-electron chi connectivity index (χ1n) is 9.56. The Morgan fingerprint density at radius 1 is 1.00 bits per heavy atom. The van der Waals surface area contributed by atoms with Crippen molar-refractivity contribution in [1.82, 2.24) is 15.1 Å². The van der Waals surface area contributed by atoms with E-state index in [2.05, 4.69) is 31.3 Å². The molecule has 0 aliphatic carbocycles. The highest BCUT2D eigenvalue weighted by Gasteiger charge is 2.18. The normalized spacial score (nSPS) is 10.9. The van der Waals surface area contributed by atoms with Gasteiger partial charge in [0.25, 0.3) is 5.91 Å². The second kappa shape index (κ2) is 7.80. The van der Waals surface area contributed by atoms with Gasteiger partial charge in [0.15, 0.2) is 0 Å². The van der Waals surface area contributed by atoms with Gasteiger partial charge in [0.1, 0.15) is 11.5 Å². The first-order chi connectivity index (χ1) is 14.0. The van der Waals surface area contributed by atoms with E-state index in [0.717, 1.165) is 22.5 Å². The average Bonchev–Trinajstić information content (AvgIpc) is 3.38. The van der Waals surface area contributed by atoms with Crippen LogP contribution < -0.4 is 5.32 Å². The van der Waals surface area contributed by atoms with Gasteiger partial charge in [-0.2, -0.15) is 5.10 Å². The Kier molecular flexibility index (Phi) is 5.04. The highest BCUT2D eigenvalue weighted by molar-refractivity contribution is 5.94. The van der Waals surface area contributed by atoms with E-state index < -0.39 is 0 Å². The first-order valence-corrected chi connectivity index (χ1v) is 9.56. The maximum absolute atomic E-state index is 13.0. The Balaban J connectivity index is 1.74. The van der Waals surface area contributed by atoms with Gasteiger partial charge in [0.2, 0.25) is 0 Å². The van der Waals surface area contributed by atoms with Crippen molar-refractivity contribution >= 4 is 5.91 Å². The second-order valence-electron chi connectivity index (χ2n) is 7.23. The monoisotopic (exact) mass is 385 g/mol. The SMILES string of the molecule is Cc1cccc(-n2nc(-c3ccc(C)c(C)c3)cc2C(=O)NCc2ccco2)c1. The van der Waals surface area contributed by atoms with Crippen LogP contribution in [0.5, 0.6) is 0 Å². The number of hydrogen-bond donors (Lipinski definition) is 1. The number of aromatic nitrogens is 2. The summed E-state index contributed by atoms with van der Waals surface area (Å²) in [7, 11) is 0. The first kappa shape index (κ1) is 18.7. The molecule has 29 heavy (non-hydrogen) atoms. The van der Waals surface area contributed by atoms with Crippen LogP contribution in [0.1, 0.15) is 32.9 Å². The standard InChI is InChI=1S/C24H23N3O2/c1-16-6-4-7-20(12-16)27-23(24(28)25-15-21-8-5-11-29-21)14-22(26-27)19-10-9-17(2)18(3)13-19/h4-14H,15H2,1-3H3,(H,25,28). The molecule has 0 spiro atoms. The van der Waals surface area contributed by atoms with Crippen molar-refractivity contribution in [2.45, 2.75) is 27.3 Å². The van der Waals surface area contributed by atoms with Gasteiger partial charge in [-0.05, 0) is 73.9 Å². The van der Waals surface area contributed by atoms with Gasteiger partial charge in [0, 0.05) is 5.56 Å². The number of nitrogens with one attached hydrogen (secondary N) is 1. The van der Waals surface area contributed by atoms with Crippen LogP contribution >= 0.6 is 0 Å². The number of aryl methyl sites for hydroxylation is 3. The lowest BCUT2D eigenvalue weighted by atomic mass is 10.0. The molecule has 0 radical (unpaired) electrons. The van der Waals surface area contributed by atoms with Crippen LogP contribution in [0.25, 0.3) is 16.9 Å². The number of rotatable bonds is 5. The molecule has 0 fully saturated rings. The van der Waals surface area contributed by atoms with Gasteiger partial charge in [-0.25, -0.2) is 4.68 Å². The quantitative estimate of drug-likeness (QED) is 0.527. The van der Waals surface area contributed by atoms with Crippen molar-refractivity contribution in [3.63, 3.8) is 0 Å². The van der Waals surface area contributed by atoms with E-state index in [1.807, 2.05) is 49.4 Å². The van der Waals surface area contributed by atoms with Crippen LogP contribution in [-0.4, -0.2) is 15.7 Å².